The lowest BCUT2D eigenvalue weighted by molar-refractivity contribution is -0.139. The van der Waals surface area contributed by atoms with E-state index in [0.717, 1.165) is 30.3 Å². The van der Waals surface area contributed by atoms with Gasteiger partial charge in [-0.05, 0) is 38.4 Å². The normalized spacial score (nSPS) is 19.9. The van der Waals surface area contributed by atoms with Crippen LogP contribution in [0.3, 0.4) is 0 Å². The second-order valence-electron chi connectivity index (χ2n) is 10.8. The highest BCUT2D eigenvalue weighted by molar-refractivity contribution is 7.16. The van der Waals surface area contributed by atoms with Crippen LogP contribution in [-0.4, -0.2) is 94.4 Å². The Labute approximate surface area is 260 Å². The van der Waals surface area contributed by atoms with Gasteiger partial charge in [0, 0.05) is 49.8 Å². The number of anilines is 3. The molecule has 0 radical (unpaired) electrons. The lowest BCUT2D eigenvalue weighted by Crippen LogP contribution is -2.56. The second kappa shape index (κ2) is 13.5. The number of nitrogens with zero attached hydrogens (tertiary/aromatic N) is 6. The van der Waals surface area contributed by atoms with Crippen molar-refractivity contribution in [3.05, 3.63) is 45.8 Å². The van der Waals surface area contributed by atoms with Crippen molar-refractivity contribution >= 4 is 45.7 Å². The average Bonchev–Trinajstić information content (AvgIpc) is 3.56. The fourth-order valence-corrected chi connectivity index (χ4v) is 6.86. The number of piperazine rings is 1. The number of nitrogens with one attached hydrogen (secondary N) is 1. The highest BCUT2D eigenvalue weighted by Gasteiger charge is 2.35. The summed E-state index contributed by atoms with van der Waals surface area (Å²) in [5.41, 5.74) is -0.355. The molecule has 0 unspecified atom stereocenters. The van der Waals surface area contributed by atoms with Crippen LogP contribution in [0.15, 0.2) is 24.5 Å². The van der Waals surface area contributed by atoms with Crippen molar-refractivity contribution in [1.82, 2.24) is 24.8 Å². The van der Waals surface area contributed by atoms with Crippen molar-refractivity contribution in [3.8, 4) is 11.3 Å². The number of benzene rings is 1. The summed E-state index contributed by atoms with van der Waals surface area (Å²) in [5.74, 6) is -1.80. The van der Waals surface area contributed by atoms with Crippen LogP contribution in [0.2, 0.25) is 5.02 Å². The van der Waals surface area contributed by atoms with E-state index >= 15 is 4.39 Å². The van der Waals surface area contributed by atoms with Crippen molar-refractivity contribution in [2.45, 2.75) is 44.6 Å². The molecule has 0 amide bonds. The number of hydrogen-bond donors (Lipinski definition) is 2. The number of carboxylic acid groups (broad SMARTS) is 1. The fraction of sp³-hybridized carbons (Fsp3) is 0.500. The van der Waals surface area contributed by atoms with E-state index < -0.39 is 28.5 Å². The van der Waals surface area contributed by atoms with E-state index in [0.29, 0.717) is 31.4 Å². The maximum Gasteiger partial charge on any atom is 0.417 e. The predicted molar refractivity (Wildman–Crippen MR) is 159 cm³/mol. The molecule has 2 aliphatic rings. The Morgan fingerprint density at radius 3 is 2.70 bits per heavy atom. The Kier molecular flexibility index (Phi) is 9.89. The van der Waals surface area contributed by atoms with Gasteiger partial charge in [-0.3, -0.25) is 14.6 Å². The highest BCUT2D eigenvalue weighted by Crippen LogP contribution is 2.40. The number of likely N-dealkylation sites (tertiary alicyclic amines) is 1. The zero-order chi connectivity index (χ0) is 31.6. The Balaban J connectivity index is 1.44. The molecule has 0 aliphatic carbocycles. The molecule has 0 bridgehead atoms. The summed E-state index contributed by atoms with van der Waals surface area (Å²) < 4.78 is 62.2. The molecule has 2 atom stereocenters. The monoisotopic (exact) mass is 657 g/mol. The molecule has 2 aromatic heterocycles. The minimum absolute atomic E-state index is 0.0361. The number of rotatable bonds is 10. The number of thiazole rings is 1. The fourth-order valence-electron chi connectivity index (χ4n) is 5.63. The minimum atomic E-state index is -4.64. The molecule has 3 aromatic rings. The molecule has 0 spiro atoms. The number of carbonyl (C=O) groups is 1. The summed E-state index contributed by atoms with van der Waals surface area (Å²) >= 11 is 7.10. The molecule has 238 valence electrons. The summed E-state index contributed by atoms with van der Waals surface area (Å²) in [7, 11) is 1.51. The third kappa shape index (κ3) is 7.23. The minimum Gasteiger partial charge on any atom is -0.480 e. The molecular formula is C28H32ClF4N7O3S. The lowest BCUT2D eigenvalue weighted by atomic mass is 10.1. The van der Waals surface area contributed by atoms with E-state index in [4.69, 9.17) is 16.3 Å². The standard InChI is InChI=1S/C28H32ClF4N7O3S/c1-16-4-3-7-38(16)12-21-24(17-5-6-20(29)19(10-17)28(31,32)33)36-27(44-21)37-25-23(30)26(35-15-34-25)40-9-8-39(13-22(41)42)18(11-40)14-43-2/h5-6,10,15-16,18H,3-4,7-9,11-14H2,1-2H3,(H,41,42)(H,34,35,36,37)/t16-,18+/m1/s1. The van der Waals surface area contributed by atoms with Gasteiger partial charge in [0.2, 0.25) is 5.82 Å². The average molecular weight is 658 g/mol. The van der Waals surface area contributed by atoms with Crippen LogP contribution < -0.4 is 10.2 Å². The van der Waals surface area contributed by atoms with E-state index in [-0.39, 0.29) is 48.1 Å². The largest absolute Gasteiger partial charge is 0.480 e. The van der Waals surface area contributed by atoms with Gasteiger partial charge in [0.15, 0.2) is 16.8 Å². The number of aliphatic carboxylic acids is 1. The van der Waals surface area contributed by atoms with Gasteiger partial charge < -0.3 is 20.1 Å². The molecule has 2 fully saturated rings. The smallest absolute Gasteiger partial charge is 0.417 e. The molecule has 2 N–H and O–H groups in total. The van der Waals surface area contributed by atoms with Gasteiger partial charge >= 0.3 is 12.1 Å². The lowest BCUT2D eigenvalue weighted by Gasteiger charge is -2.40. The number of halogens is 5. The summed E-state index contributed by atoms with van der Waals surface area (Å²) in [6.07, 6.45) is -1.39. The summed E-state index contributed by atoms with van der Waals surface area (Å²) in [6, 6.07) is 3.70. The van der Waals surface area contributed by atoms with Crippen molar-refractivity contribution in [1.29, 1.82) is 0 Å². The molecule has 5 rings (SSSR count). The molecule has 44 heavy (non-hydrogen) atoms. The quantitative estimate of drug-likeness (QED) is 0.277. The maximum atomic E-state index is 15.9. The Morgan fingerprint density at radius 2 is 2.02 bits per heavy atom. The number of ether oxygens (including phenoxy) is 1. The molecule has 0 saturated carbocycles. The zero-order valence-corrected chi connectivity index (χ0v) is 25.6. The first-order valence-electron chi connectivity index (χ1n) is 14.0. The molecule has 10 nitrogen and oxygen atoms in total. The van der Waals surface area contributed by atoms with Crippen LogP contribution in [-0.2, 0) is 22.3 Å². The summed E-state index contributed by atoms with van der Waals surface area (Å²) in [4.78, 5) is 30.6. The van der Waals surface area contributed by atoms with Crippen molar-refractivity contribution < 1.29 is 32.2 Å². The van der Waals surface area contributed by atoms with E-state index in [9.17, 15) is 23.1 Å². The van der Waals surface area contributed by atoms with Crippen LogP contribution in [0, 0.1) is 5.82 Å². The molecule has 4 heterocycles. The zero-order valence-electron chi connectivity index (χ0n) is 24.1. The molecule has 16 heteroatoms. The van der Waals surface area contributed by atoms with Crippen LogP contribution >= 0.6 is 22.9 Å². The second-order valence-corrected chi connectivity index (χ2v) is 12.3. The number of methoxy groups -OCH3 is 1. The predicted octanol–water partition coefficient (Wildman–Crippen LogP) is 5.36. The maximum absolute atomic E-state index is 15.9. The molecule has 2 saturated heterocycles. The van der Waals surface area contributed by atoms with Gasteiger partial charge in [0.05, 0.1) is 35.5 Å². The van der Waals surface area contributed by atoms with Crippen molar-refractivity contribution in [2.75, 3.05) is 56.7 Å². The number of aromatic nitrogens is 3. The van der Waals surface area contributed by atoms with Gasteiger partial charge in [0.25, 0.3) is 0 Å². The van der Waals surface area contributed by atoms with Crippen LogP contribution in [0.4, 0.5) is 34.3 Å². The van der Waals surface area contributed by atoms with Gasteiger partial charge in [-0.1, -0.05) is 29.0 Å². The van der Waals surface area contributed by atoms with E-state index in [2.05, 4.69) is 32.1 Å². The van der Waals surface area contributed by atoms with Crippen LogP contribution in [0.1, 0.15) is 30.2 Å². The van der Waals surface area contributed by atoms with Crippen LogP contribution in [0.5, 0.6) is 0 Å². The Hall–Kier alpha value is -3.11. The highest BCUT2D eigenvalue weighted by atomic mass is 35.5. The number of alkyl halides is 3. The molecular weight excluding hydrogens is 626 g/mol. The van der Waals surface area contributed by atoms with E-state index in [1.807, 2.05) is 0 Å². The van der Waals surface area contributed by atoms with E-state index in [1.54, 1.807) is 9.80 Å². The van der Waals surface area contributed by atoms with Gasteiger partial charge in [0.1, 0.15) is 6.33 Å². The van der Waals surface area contributed by atoms with Gasteiger partial charge in [-0.25, -0.2) is 15.0 Å². The first-order chi connectivity index (χ1) is 20.9. The number of carboxylic acids is 1. The first-order valence-corrected chi connectivity index (χ1v) is 15.2. The third-order valence-corrected chi connectivity index (χ3v) is 9.16. The van der Waals surface area contributed by atoms with Crippen molar-refractivity contribution in [3.63, 3.8) is 0 Å². The van der Waals surface area contributed by atoms with Gasteiger partial charge in [-0.2, -0.15) is 17.6 Å². The third-order valence-electron chi connectivity index (χ3n) is 7.88. The van der Waals surface area contributed by atoms with E-state index in [1.165, 1.54) is 36.9 Å². The Morgan fingerprint density at radius 1 is 1.23 bits per heavy atom. The topological polar surface area (TPSA) is 107 Å². The SMILES string of the molecule is COC[C@@H]1CN(c2ncnc(Nc3nc(-c4ccc(Cl)c(C(F)(F)F)c4)c(CN4CCC[C@H]4C)s3)c2F)CCN1CC(=O)O. The summed E-state index contributed by atoms with van der Waals surface area (Å²) in [6.45, 7) is 4.49. The van der Waals surface area contributed by atoms with Crippen molar-refractivity contribution in [2.24, 2.45) is 0 Å². The molecule has 1 aromatic carbocycles. The number of hydrogen-bond acceptors (Lipinski definition) is 10. The Bertz CT molecular complexity index is 1490. The van der Waals surface area contributed by atoms with Crippen LogP contribution in [0.25, 0.3) is 11.3 Å². The molecule has 2 aliphatic heterocycles. The summed E-state index contributed by atoms with van der Waals surface area (Å²) in [5, 5.41) is 12.0. The van der Waals surface area contributed by atoms with Gasteiger partial charge in [-0.15, -0.1) is 0 Å². The first kappa shape index (κ1) is 32.3.